The van der Waals surface area contributed by atoms with E-state index in [1.54, 1.807) is 13.8 Å². The molecule has 0 fully saturated rings. The van der Waals surface area contributed by atoms with E-state index < -0.39 is 5.60 Å². The maximum Gasteiger partial charge on any atom is 0.120 e. The molecule has 1 aromatic heterocycles. The largest absolute Gasteiger partial charge is 0.378 e. The van der Waals surface area contributed by atoms with E-state index in [-0.39, 0.29) is 0 Å². The van der Waals surface area contributed by atoms with Crippen molar-refractivity contribution >= 4 is 21.8 Å². The zero-order chi connectivity index (χ0) is 15.0. The highest BCUT2D eigenvalue weighted by Crippen LogP contribution is 2.29. The van der Waals surface area contributed by atoms with Gasteiger partial charge in [0.1, 0.15) is 5.60 Å². The minimum Gasteiger partial charge on any atom is -0.378 e. The van der Waals surface area contributed by atoms with Gasteiger partial charge in [-0.1, -0.05) is 30.0 Å². The summed E-state index contributed by atoms with van der Waals surface area (Å²) >= 11 is 0. The van der Waals surface area contributed by atoms with Crippen molar-refractivity contribution in [3.63, 3.8) is 0 Å². The lowest BCUT2D eigenvalue weighted by atomic mass is 10.1. The maximum absolute atomic E-state index is 9.73. The number of aromatic nitrogens is 1. The van der Waals surface area contributed by atoms with Crippen LogP contribution in [0.15, 0.2) is 42.5 Å². The molecule has 1 N–H and O–H groups in total. The van der Waals surface area contributed by atoms with E-state index in [9.17, 15) is 5.11 Å². The van der Waals surface area contributed by atoms with Crippen molar-refractivity contribution in [2.75, 3.05) is 0 Å². The van der Waals surface area contributed by atoms with Crippen LogP contribution in [-0.2, 0) is 6.54 Å². The van der Waals surface area contributed by atoms with Crippen LogP contribution in [0, 0.1) is 11.8 Å². The number of rotatable bonds is 1. The lowest BCUT2D eigenvalue weighted by Crippen LogP contribution is -2.14. The Balaban J connectivity index is 2.26. The molecule has 0 spiro atoms. The van der Waals surface area contributed by atoms with Gasteiger partial charge in [-0.05, 0) is 45.0 Å². The normalized spacial score (nSPS) is 11.6. The molecule has 0 aliphatic rings. The highest BCUT2D eigenvalue weighted by atomic mass is 16.3. The molecule has 0 aliphatic heterocycles. The molecule has 0 atom stereocenters. The van der Waals surface area contributed by atoms with Gasteiger partial charge in [0.25, 0.3) is 0 Å². The lowest BCUT2D eigenvalue weighted by Gasteiger charge is -2.06. The Morgan fingerprint density at radius 3 is 2.48 bits per heavy atom. The van der Waals surface area contributed by atoms with Crippen LogP contribution in [0.3, 0.4) is 0 Å². The molecule has 3 rings (SSSR count). The van der Waals surface area contributed by atoms with Crippen molar-refractivity contribution in [1.29, 1.82) is 0 Å². The Kier molecular flexibility index (Phi) is 3.23. The lowest BCUT2D eigenvalue weighted by molar-refractivity contribution is 0.143. The standard InChI is InChI=1S/C19H19NO/c1-4-20-17-8-6-5-7-15(17)16-13-14(9-10-18(16)20)11-12-19(2,3)21/h5-10,13,21H,4H2,1-3H3. The van der Waals surface area contributed by atoms with Gasteiger partial charge in [-0.3, -0.25) is 0 Å². The summed E-state index contributed by atoms with van der Waals surface area (Å²) in [6, 6.07) is 14.7. The van der Waals surface area contributed by atoms with E-state index in [1.165, 1.54) is 21.8 Å². The first-order chi connectivity index (χ1) is 9.99. The summed E-state index contributed by atoms with van der Waals surface area (Å²) in [6.07, 6.45) is 0. The Morgan fingerprint density at radius 1 is 1.05 bits per heavy atom. The third kappa shape index (κ3) is 2.53. The maximum atomic E-state index is 9.73. The monoisotopic (exact) mass is 277 g/mol. The molecule has 106 valence electrons. The fraction of sp³-hybridized carbons (Fsp3) is 0.263. The first kappa shape index (κ1) is 13.7. The molecule has 0 amide bonds. The highest BCUT2D eigenvalue weighted by molar-refractivity contribution is 6.08. The van der Waals surface area contributed by atoms with Crippen molar-refractivity contribution in [2.24, 2.45) is 0 Å². The van der Waals surface area contributed by atoms with E-state index in [2.05, 4.69) is 59.7 Å². The second-order valence-electron chi connectivity index (χ2n) is 5.80. The van der Waals surface area contributed by atoms with E-state index in [4.69, 9.17) is 0 Å². The van der Waals surface area contributed by atoms with Gasteiger partial charge in [-0.2, -0.15) is 0 Å². The van der Waals surface area contributed by atoms with Crippen LogP contribution >= 0.6 is 0 Å². The molecule has 0 aliphatic carbocycles. The van der Waals surface area contributed by atoms with Gasteiger partial charge in [-0.15, -0.1) is 0 Å². The second-order valence-corrected chi connectivity index (χ2v) is 5.80. The molecule has 2 heteroatoms. The first-order valence-electron chi connectivity index (χ1n) is 7.26. The van der Waals surface area contributed by atoms with E-state index >= 15 is 0 Å². The summed E-state index contributed by atoms with van der Waals surface area (Å²) in [5.74, 6) is 5.93. The summed E-state index contributed by atoms with van der Waals surface area (Å²) in [6.45, 7) is 6.50. The van der Waals surface area contributed by atoms with Crippen molar-refractivity contribution in [3.05, 3.63) is 48.0 Å². The molecule has 0 unspecified atom stereocenters. The van der Waals surface area contributed by atoms with Crippen LogP contribution in [-0.4, -0.2) is 15.3 Å². The molecule has 0 bridgehead atoms. The van der Waals surface area contributed by atoms with Crippen LogP contribution in [0.4, 0.5) is 0 Å². The van der Waals surface area contributed by atoms with Crippen LogP contribution < -0.4 is 0 Å². The summed E-state index contributed by atoms with van der Waals surface area (Å²) in [5, 5.41) is 12.2. The van der Waals surface area contributed by atoms with Crippen LogP contribution in [0.2, 0.25) is 0 Å². The second kappa shape index (κ2) is 4.95. The number of para-hydroxylation sites is 1. The minimum absolute atomic E-state index is 0.934. The highest BCUT2D eigenvalue weighted by Gasteiger charge is 2.09. The fourth-order valence-corrected chi connectivity index (χ4v) is 2.70. The number of nitrogens with zero attached hydrogens (tertiary/aromatic N) is 1. The van der Waals surface area contributed by atoms with E-state index in [0.29, 0.717) is 0 Å². The third-order valence-corrected chi connectivity index (χ3v) is 3.60. The predicted molar refractivity (Wildman–Crippen MR) is 88.3 cm³/mol. The Bertz CT molecular complexity index is 869. The minimum atomic E-state index is -0.966. The van der Waals surface area contributed by atoms with Crippen LogP contribution in [0.25, 0.3) is 21.8 Å². The third-order valence-electron chi connectivity index (χ3n) is 3.60. The van der Waals surface area contributed by atoms with Crippen molar-refractivity contribution in [3.8, 4) is 11.8 Å². The Morgan fingerprint density at radius 2 is 1.76 bits per heavy atom. The molecule has 2 nitrogen and oxygen atoms in total. The number of benzene rings is 2. The average molecular weight is 277 g/mol. The van der Waals surface area contributed by atoms with Gasteiger partial charge >= 0.3 is 0 Å². The quantitative estimate of drug-likeness (QED) is 0.670. The Hall–Kier alpha value is -2.24. The van der Waals surface area contributed by atoms with Crippen LogP contribution in [0.5, 0.6) is 0 Å². The molecule has 0 saturated heterocycles. The Labute approximate surface area is 125 Å². The molecule has 0 saturated carbocycles. The molecule has 1 heterocycles. The summed E-state index contributed by atoms with van der Waals surface area (Å²) < 4.78 is 2.32. The smallest absolute Gasteiger partial charge is 0.120 e. The molecule has 21 heavy (non-hydrogen) atoms. The van der Waals surface area contributed by atoms with Gasteiger partial charge in [0, 0.05) is 33.9 Å². The fourth-order valence-electron chi connectivity index (χ4n) is 2.70. The van der Waals surface area contributed by atoms with E-state index in [1.807, 2.05) is 6.07 Å². The van der Waals surface area contributed by atoms with Gasteiger partial charge in [0.15, 0.2) is 0 Å². The van der Waals surface area contributed by atoms with E-state index in [0.717, 1.165) is 12.1 Å². The first-order valence-corrected chi connectivity index (χ1v) is 7.26. The zero-order valence-corrected chi connectivity index (χ0v) is 12.6. The summed E-state index contributed by atoms with van der Waals surface area (Å²) in [5.41, 5.74) is 2.45. The van der Waals surface area contributed by atoms with Crippen LogP contribution in [0.1, 0.15) is 26.3 Å². The summed E-state index contributed by atoms with van der Waals surface area (Å²) in [7, 11) is 0. The predicted octanol–water partition coefficient (Wildman–Crippen LogP) is 3.94. The van der Waals surface area contributed by atoms with Crippen molar-refractivity contribution in [1.82, 2.24) is 4.57 Å². The van der Waals surface area contributed by atoms with Crippen molar-refractivity contribution in [2.45, 2.75) is 32.9 Å². The summed E-state index contributed by atoms with van der Waals surface area (Å²) in [4.78, 5) is 0. The number of fused-ring (bicyclic) bond motifs is 3. The van der Waals surface area contributed by atoms with Gasteiger partial charge in [-0.25, -0.2) is 0 Å². The average Bonchev–Trinajstić information content (AvgIpc) is 2.77. The molecule has 0 radical (unpaired) electrons. The number of aryl methyl sites for hydroxylation is 1. The van der Waals surface area contributed by atoms with Gasteiger partial charge in [0.05, 0.1) is 0 Å². The number of hydrogen-bond acceptors (Lipinski definition) is 1. The molecule has 3 aromatic rings. The SMILES string of the molecule is CCn1c2ccccc2c2cc(C#CC(C)(C)O)ccc21. The van der Waals surface area contributed by atoms with Gasteiger partial charge < -0.3 is 9.67 Å². The van der Waals surface area contributed by atoms with Gasteiger partial charge in [0.2, 0.25) is 0 Å². The molecule has 2 aromatic carbocycles. The number of aliphatic hydroxyl groups is 1. The van der Waals surface area contributed by atoms with Crippen molar-refractivity contribution < 1.29 is 5.11 Å². The zero-order valence-electron chi connectivity index (χ0n) is 12.6. The molecular formula is C19H19NO. The molecular weight excluding hydrogens is 258 g/mol. The topological polar surface area (TPSA) is 25.2 Å². The number of hydrogen-bond donors (Lipinski definition) is 1.